The normalized spacial score (nSPS) is 11.5. The lowest BCUT2D eigenvalue weighted by Crippen LogP contribution is -2.40. The Morgan fingerprint density at radius 3 is 1.56 bits per heavy atom. The van der Waals surface area contributed by atoms with Gasteiger partial charge in [-0.15, -0.1) is 0 Å². The number of hydrogen-bond acceptors (Lipinski definition) is 10. The standard InChI is InChI=1S/C13H24F2N6O4/c1-19(3-6-22)10-16-11(20(2)4-7-23)18-12(17-10)21(5-8-24)9-13(14,15)25/h22-25H,3-9H2,1-2H3. The summed E-state index contributed by atoms with van der Waals surface area (Å²) in [6.45, 7) is -1.74. The highest BCUT2D eigenvalue weighted by Crippen LogP contribution is 2.20. The van der Waals surface area contributed by atoms with Gasteiger partial charge >= 0.3 is 6.11 Å². The molecule has 0 amide bonds. The van der Waals surface area contributed by atoms with Crippen LogP contribution in [0.3, 0.4) is 0 Å². The summed E-state index contributed by atoms with van der Waals surface area (Å²) in [4.78, 5) is 16.2. The third kappa shape index (κ3) is 6.86. The molecule has 0 aliphatic heterocycles. The lowest BCUT2D eigenvalue weighted by atomic mass is 10.4. The van der Waals surface area contributed by atoms with Crippen molar-refractivity contribution in [2.24, 2.45) is 0 Å². The Morgan fingerprint density at radius 1 is 0.800 bits per heavy atom. The van der Waals surface area contributed by atoms with E-state index >= 15 is 0 Å². The first-order chi connectivity index (χ1) is 11.7. The van der Waals surface area contributed by atoms with Gasteiger partial charge in [-0.05, 0) is 0 Å². The van der Waals surface area contributed by atoms with E-state index in [-0.39, 0.29) is 50.7 Å². The zero-order chi connectivity index (χ0) is 19.0. The number of anilines is 3. The van der Waals surface area contributed by atoms with Crippen LogP contribution in [0.2, 0.25) is 0 Å². The molecule has 0 aliphatic carbocycles. The molecule has 0 atom stereocenters. The highest BCUT2D eigenvalue weighted by atomic mass is 19.3. The molecule has 1 rings (SSSR count). The van der Waals surface area contributed by atoms with Gasteiger partial charge in [0, 0.05) is 33.7 Å². The number of rotatable bonds is 11. The van der Waals surface area contributed by atoms with E-state index in [0.717, 1.165) is 4.90 Å². The first-order valence-electron chi connectivity index (χ1n) is 7.58. The highest BCUT2D eigenvalue weighted by Gasteiger charge is 2.30. The zero-order valence-corrected chi connectivity index (χ0v) is 14.2. The molecule has 0 saturated heterocycles. The lowest BCUT2D eigenvalue weighted by Gasteiger charge is -2.27. The second-order valence-electron chi connectivity index (χ2n) is 5.34. The molecule has 0 saturated carbocycles. The minimum Gasteiger partial charge on any atom is -0.395 e. The van der Waals surface area contributed by atoms with Crippen molar-refractivity contribution in [3.8, 4) is 0 Å². The molecule has 0 bridgehead atoms. The van der Waals surface area contributed by atoms with Crippen LogP contribution in [-0.4, -0.2) is 102 Å². The number of hydrogen-bond donors (Lipinski definition) is 4. The second kappa shape index (κ2) is 9.56. The summed E-state index contributed by atoms with van der Waals surface area (Å²) in [5.74, 6) is 0.0587. The summed E-state index contributed by atoms with van der Waals surface area (Å²) in [6.07, 6.45) is -4.00. The van der Waals surface area contributed by atoms with Gasteiger partial charge in [0.25, 0.3) is 0 Å². The first kappa shape index (κ1) is 21.2. The Bertz CT molecular complexity index is 503. The van der Waals surface area contributed by atoms with E-state index in [1.165, 1.54) is 9.80 Å². The van der Waals surface area contributed by atoms with Crippen LogP contribution in [0.1, 0.15) is 0 Å². The highest BCUT2D eigenvalue weighted by molar-refractivity contribution is 5.46. The van der Waals surface area contributed by atoms with E-state index in [0.29, 0.717) is 0 Å². The maximum atomic E-state index is 13.0. The Balaban J connectivity index is 3.29. The van der Waals surface area contributed by atoms with Crippen molar-refractivity contribution < 1.29 is 29.2 Å². The molecule has 1 heterocycles. The van der Waals surface area contributed by atoms with Gasteiger partial charge in [0.2, 0.25) is 17.8 Å². The largest absolute Gasteiger partial charge is 0.395 e. The third-order valence-corrected chi connectivity index (χ3v) is 3.19. The molecule has 0 unspecified atom stereocenters. The quantitative estimate of drug-likeness (QED) is 0.353. The van der Waals surface area contributed by atoms with E-state index in [2.05, 4.69) is 15.0 Å². The van der Waals surface area contributed by atoms with Crippen LogP contribution in [-0.2, 0) is 0 Å². The van der Waals surface area contributed by atoms with Crippen LogP contribution < -0.4 is 14.7 Å². The zero-order valence-electron chi connectivity index (χ0n) is 14.2. The first-order valence-corrected chi connectivity index (χ1v) is 7.58. The van der Waals surface area contributed by atoms with Gasteiger partial charge in [-0.3, -0.25) is 0 Å². The van der Waals surface area contributed by atoms with E-state index in [1.54, 1.807) is 14.1 Å². The average Bonchev–Trinajstić information content (AvgIpc) is 2.53. The Kier molecular flexibility index (Phi) is 8.09. The SMILES string of the molecule is CN(CCO)c1nc(N(C)CCO)nc(N(CCO)CC(O)(F)F)n1. The van der Waals surface area contributed by atoms with Crippen LogP contribution in [0.15, 0.2) is 0 Å². The summed E-state index contributed by atoms with van der Waals surface area (Å²) in [7, 11) is 3.20. The van der Waals surface area contributed by atoms with Crippen molar-refractivity contribution >= 4 is 17.8 Å². The number of alkyl halides is 2. The van der Waals surface area contributed by atoms with Crippen molar-refractivity contribution in [1.29, 1.82) is 0 Å². The van der Waals surface area contributed by atoms with Crippen molar-refractivity contribution in [1.82, 2.24) is 15.0 Å². The van der Waals surface area contributed by atoms with Gasteiger partial charge in [-0.1, -0.05) is 0 Å². The number of halogens is 2. The van der Waals surface area contributed by atoms with Crippen LogP contribution in [0, 0.1) is 0 Å². The minimum atomic E-state index is -4.00. The molecular formula is C13H24F2N6O4. The molecule has 0 fully saturated rings. The number of aliphatic hydroxyl groups excluding tert-OH is 3. The number of aliphatic hydroxyl groups is 4. The molecular weight excluding hydrogens is 342 g/mol. The van der Waals surface area contributed by atoms with Crippen LogP contribution in [0.5, 0.6) is 0 Å². The summed E-state index contributed by atoms with van der Waals surface area (Å²) >= 11 is 0. The molecule has 0 radical (unpaired) electrons. The monoisotopic (exact) mass is 366 g/mol. The van der Waals surface area contributed by atoms with Gasteiger partial charge in [0.15, 0.2) is 0 Å². The Morgan fingerprint density at radius 2 is 1.20 bits per heavy atom. The third-order valence-electron chi connectivity index (χ3n) is 3.19. The Labute approximate surface area is 144 Å². The van der Waals surface area contributed by atoms with Crippen molar-refractivity contribution in [2.45, 2.75) is 6.11 Å². The molecule has 0 aliphatic rings. The van der Waals surface area contributed by atoms with Crippen LogP contribution in [0.4, 0.5) is 26.6 Å². The summed E-state index contributed by atoms with van der Waals surface area (Å²) in [5.41, 5.74) is 0. The van der Waals surface area contributed by atoms with E-state index < -0.39 is 19.3 Å². The minimum absolute atomic E-state index is 0.114. The predicted octanol–water partition coefficient (Wildman–Crippen LogP) is -1.89. The summed E-state index contributed by atoms with van der Waals surface area (Å²) in [5, 5.41) is 36.0. The topological polar surface area (TPSA) is 129 Å². The van der Waals surface area contributed by atoms with Crippen LogP contribution in [0.25, 0.3) is 0 Å². The van der Waals surface area contributed by atoms with Crippen molar-refractivity contribution in [3.63, 3.8) is 0 Å². The summed E-state index contributed by atoms with van der Waals surface area (Å²) < 4.78 is 26.0. The maximum absolute atomic E-state index is 13.0. The molecule has 1 aromatic rings. The molecule has 144 valence electrons. The predicted molar refractivity (Wildman–Crippen MR) is 87.0 cm³/mol. The molecule has 1 aromatic heterocycles. The lowest BCUT2D eigenvalue weighted by molar-refractivity contribution is -0.189. The average molecular weight is 366 g/mol. The fourth-order valence-corrected chi connectivity index (χ4v) is 1.93. The molecule has 25 heavy (non-hydrogen) atoms. The number of aromatic nitrogens is 3. The van der Waals surface area contributed by atoms with Gasteiger partial charge in [-0.25, -0.2) is 0 Å². The molecule has 12 heteroatoms. The Hall–Kier alpha value is -1.89. The summed E-state index contributed by atoms with van der Waals surface area (Å²) in [6, 6.07) is 0. The fraction of sp³-hybridized carbons (Fsp3) is 0.769. The molecule has 4 N–H and O–H groups in total. The van der Waals surface area contributed by atoms with Crippen molar-refractivity contribution in [3.05, 3.63) is 0 Å². The van der Waals surface area contributed by atoms with Gasteiger partial charge in [0.1, 0.15) is 6.54 Å². The molecule has 0 spiro atoms. The van der Waals surface area contributed by atoms with Crippen molar-refractivity contribution in [2.75, 3.05) is 74.8 Å². The van der Waals surface area contributed by atoms with Gasteiger partial charge in [0.05, 0.1) is 19.8 Å². The number of likely N-dealkylation sites (N-methyl/N-ethyl adjacent to an activating group) is 2. The molecule has 0 aromatic carbocycles. The number of nitrogens with zero attached hydrogens (tertiary/aromatic N) is 6. The van der Waals surface area contributed by atoms with E-state index in [1.807, 2.05) is 0 Å². The van der Waals surface area contributed by atoms with Gasteiger partial charge in [-0.2, -0.15) is 23.7 Å². The van der Waals surface area contributed by atoms with Gasteiger partial charge < -0.3 is 35.1 Å². The second-order valence-corrected chi connectivity index (χ2v) is 5.34. The molecule has 10 nitrogen and oxygen atoms in total. The fourth-order valence-electron chi connectivity index (χ4n) is 1.93. The smallest absolute Gasteiger partial charge is 0.370 e. The van der Waals surface area contributed by atoms with E-state index in [9.17, 15) is 8.78 Å². The van der Waals surface area contributed by atoms with E-state index in [4.69, 9.17) is 20.4 Å². The van der Waals surface area contributed by atoms with Crippen LogP contribution >= 0.6 is 0 Å². The maximum Gasteiger partial charge on any atom is 0.370 e.